The van der Waals surface area contributed by atoms with Crippen molar-refractivity contribution in [3.05, 3.63) is 64.7 Å². The molecule has 5 nitrogen and oxygen atoms in total. The largest absolute Gasteiger partial charge is 0.486 e. The van der Waals surface area contributed by atoms with Gasteiger partial charge in [0.05, 0.1) is 0 Å². The van der Waals surface area contributed by atoms with Gasteiger partial charge in [-0.2, -0.15) is 0 Å². The summed E-state index contributed by atoms with van der Waals surface area (Å²) in [6, 6.07) is 14.9. The Morgan fingerprint density at radius 3 is 2.32 bits per heavy atom. The van der Waals surface area contributed by atoms with Crippen LogP contribution in [0.2, 0.25) is 5.02 Å². The molecule has 0 saturated heterocycles. The molecule has 25 heavy (non-hydrogen) atoms. The summed E-state index contributed by atoms with van der Waals surface area (Å²) >= 11 is 5.91. The maximum absolute atomic E-state index is 9.00. The van der Waals surface area contributed by atoms with E-state index >= 15 is 0 Å². The Morgan fingerprint density at radius 1 is 1.12 bits per heavy atom. The number of hydrogen-bond donors (Lipinski definition) is 1. The molecular weight excluding hydrogens is 340 g/mol. The van der Waals surface area contributed by atoms with Gasteiger partial charge in [-0.3, -0.25) is 0 Å². The van der Waals surface area contributed by atoms with Gasteiger partial charge < -0.3 is 14.8 Å². The first-order valence-electron chi connectivity index (χ1n) is 7.96. The van der Waals surface area contributed by atoms with Gasteiger partial charge >= 0.3 is 0 Å². The number of ether oxygens (including phenoxy) is 1. The number of halogens is 1. The highest BCUT2D eigenvalue weighted by atomic mass is 35.5. The summed E-state index contributed by atoms with van der Waals surface area (Å²) in [5.74, 6) is 0.723. The average Bonchev–Trinajstić information content (AvgIpc) is 2.63. The maximum Gasteiger partial charge on any atom is 0.134 e. The van der Waals surface area contributed by atoms with Crippen molar-refractivity contribution in [2.45, 2.75) is 26.9 Å². The molecule has 1 N–H and O–H groups in total. The molecule has 0 radical (unpaired) electrons. The first-order chi connectivity index (χ1) is 12.0. The van der Waals surface area contributed by atoms with E-state index in [-0.39, 0.29) is 6.10 Å². The monoisotopic (exact) mass is 360 g/mol. The molecule has 6 heteroatoms. The van der Waals surface area contributed by atoms with Crippen molar-refractivity contribution in [3.63, 3.8) is 0 Å². The molecule has 0 heterocycles. The van der Waals surface area contributed by atoms with Crippen molar-refractivity contribution in [2.75, 3.05) is 6.61 Å². The summed E-state index contributed by atoms with van der Waals surface area (Å²) in [4.78, 5) is 5.09. The third-order valence-corrected chi connectivity index (χ3v) is 3.81. The second kappa shape index (κ2) is 9.08. The lowest BCUT2D eigenvalue weighted by molar-refractivity contribution is 0.159. The SMILES string of the molecule is CCON=C(C(C)=NO)c1ccc(OC(C)c2ccc(Cl)cc2)cc1. The number of benzene rings is 2. The smallest absolute Gasteiger partial charge is 0.134 e. The summed E-state index contributed by atoms with van der Waals surface area (Å²) in [5, 5.41) is 16.9. The predicted molar refractivity (Wildman–Crippen MR) is 100.0 cm³/mol. The second-order valence-corrected chi connectivity index (χ2v) is 5.82. The second-order valence-electron chi connectivity index (χ2n) is 5.38. The maximum atomic E-state index is 9.00. The van der Waals surface area contributed by atoms with Crippen molar-refractivity contribution >= 4 is 23.0 Å². The van der Waals surface area contributed by atoms with Crippen molar-refractivity contribution in [1.82, 2.24) is 0 Å². The molecule has 0 fully saturated rings. The molecule has 0 aliphatic carbocycles. The van der Waals surface area contributed by atoms with Crippen LogP contribution in [0.3, 0.4) is 0 Å². The number of oxime groups is 2. The molecule has 0 bridgehead atoms. The zero-order valence-electron chi connectivity index (χ0n) is 14.4. The molecule has 2 rings (SSSR count). The first kappa shape index (κ1) is 18.8. The fourth-order valence-corrected chi connectivity index (χ4v) is 2.33. The van der Waals surface area contributed by atoms with E-state index < -0.39 is 0 Å². The van der Waals surface area contributed by atoms with Gasteiger partial charge in [0.25, 0.3) is 0 Å². The van der Waals surface area contributed by atoms with E-state index in [2.05, 4.69) is 10.3 Å². The van der Waals surface area contributed by atoms with Crippen LogP contribution in [0.4, 0.5) is 0 Å². The van der Waals surface area contributed by atoms with Crippen LogP contribution in [0.5, 0.6) is 5.75 Å². The van der Waals surface area contributed by atoms with Crippen LogP contribution in [0.15, 0.2) is 58.8 Å². The van der Waals surface area contributed by atoms with E-state index in [1.165, 1.54) is 0 Å². The molecule has 2 aromatic rings. The van der Waals surface area contributed by atoms with Gasteiger partial charge in [0.2, 0.25) is 0 Å². The third kappa shape index (κ3) is 5.22. The molecule has 0 aliphatic rings. The minimum atomic E-state index is -0.111. The molecule has 0 spiro atoms. The average molecular weight is 361 g/mol. The number of rotatable bonds is 7. The van der Waals surface area contributed by atoms with E-state index in [1.54, 1.807) is 6.92 Å². The third-order valence-electron chi connectivity index (χ3n) is 3.56. The minimum absolute atomic E-state index is 0.111. The molecule has 0 aromatic heterocycles. The summed E-state index contributed by atoms with van der Waals surface area (Å²) in [5.41, 5.74) is 2.66. The van der Waals surface area contributed by atoms with Crippen LogP contribution in [0.25, 0.3) is 0 Å². The molecular formula is C19H21ClN2O3. The van der Waals surface area contributed by atoms with Crippen molar-refractivity contribution in [1.29, 1.82) is 0 Å². The van der Waals surface area contributed by atoms with Crippen LogP contribution >= 0.6 is 11.6 Å². The van der Waals surface area contributed by atoms with Gasteiger partial charge in [0, 0.05) is 10.6 Å². The molecule has 0 amide bonds. The predicted octanol–water partition coefficient (Wildman–Crippen LogP) is 5.07. The van der Waals surface area contributed by atoms with Crippen molar-refractivity contribution in [3.8, 4) is 5.75 Å². The Kier molecular flexibility index (Phi) is 6.83. The zero-order valence-corrected chi connectivity index (χ0v) is 15.2. The van der Waals surface area contributed by atoms with Crippen LogP contribution in [-0.4, -0.2) is 23.2 Å². The van der Waals surface area contributed by atoms with Crippen molar-refractivity contribution in [2.24, 2.45) is 10.3 Å². The quantitative estimate of drug-likeness (QED) is 0.426. The summed E-state index contributed by atoms with van der Waals surface area (Å²) in [6.07, 6.45) is -0.111. The Balaban J connectivity index is 2.14. The van der Waals surface area contributed by atoms with E-state index in [1.807, 2.05) is 62.4 Å². The number of hydrogen-bond acceptors (Lipinski definition) is 5. The molecule has 0 saturated carbocycles. The minimum Gasteiger partial charge on any atom is -0.486 e. The van der Waals surface area contributed by atoms with Gasteiger partial charge in [-0.25, -0.2) is 0 Å². The standard InChI is InChI=1S/C19H21ClN2O3/c1-4-24-22-19(13(2)21-23)16-7-11-18(12-8-16)25-14(3)15-5-9-17(20)10-6-15/h5-12,14,23H,4H2,1-3H3. The van der Waals surface area contributed by atoms with E-state index in [4.69, 9.17) is 26.4 Å². The van der Waals surface area contributed by atoms with Crippen LogP contribution < -0.4 is 4.74 Å². The lowest BCUT2D eigenvalue weighted by atomic mass is 10.1. The highest BCUT2D eigenvalue weighted by molar-refractivity contribution is 6.47. The molecule has 0 aliphatic heterocycles. The van der Waals surface area contributed by atoms with Gasteiger partial charge in [-0.15, -0.1) is 0 Å². The van der Waals surface area contributed by atoms with Gasteiger partial charge in [0.1, 0.15) is 29.9 Å². The molecule has 2 aromatic carbocycles. The Hall–Kier alpha value is -2.53. The van der Waals surface area contributed by atoms with Crippen LogP contribution in [0.1, 0.15) is 38.0 Å². The van der Waals surface area contributed by atoms with Crippen LogP contribution in [0, 0.1) is 0 Å². The van der Waals surface area contributed by atoms with Crippen LogP contribution in [-0.2, 0) is 4.84 Å². The van der Waals surface area contributed by atoms with Gasteiger partial charge in [-0.05, 0) is 62.7 Å². The molecule has 132 valence electrons. The molecule has 1 atom stereocenters. The van der Waals surface area contributed by atoms with E-state index in [9.17, 15) is 0 Å². The lowest BCUT2D eigenvalue weighted by Crippen LogP contribution is -2.13. The number of nitrogens with zero attached hydrogens (tertiary/aromatic N) is 2. The normalized spacial score (nSPS) is 13.4. The van der Waals surface area contributed by atoms with Gasteiger partial charge in [0.15, 0.2) is 0 Å². The zero-order chi connectivity index (χ0) is 18.2. The fourth-order valence-electron chi connectivity index (χ4n) is 2.20. The highest BCUT2D eigenvalue weighted by Crippen LogP contribution is 2.23. The Bertz CT molecular complexity index is 740. The fraction of sp³-hybridized carbons (Fsp3) is 0.263. The van der Waals surface area contributed by atoms with Crippen molar-refractivity contribution < 1.29 is 14.8 Å². The van der Waals surface area contributed by atoms with E-state index in [0.29, 0.717) is 23.1 Å². The van der Waals surface area contributed by atoms with Gasteiger partial charge in [-0.1, -0.05) is 34.0 Å². The summed E-state index contributed by atoms with van der Waals surface area (Å²) in [6.45, 7) is 5.90. The summed E-state index contributed by atoms with van der Waals surface area (Å²) in [7, 11) is 0. The Labute approximate surface area is 152 Å². The first-order valence-corrected chi connectivity index (χ1v) is 8.34. The van der Waals surface area contributed by atoms with E-state index in [0.717, 1.165) is 16.9 Å². The molecule has 1 unspecified atom stereocenters. The lowest BCUT2D eigenvalue weighted by Gasteiger charge is -2.15. The summed E-state index contributed by atoms with van der Waals surface area (Å²) < 4.78 is 5.95. The topological polar surface area (TPSA) is 63.4 Å². The Morgan fingerprint density at radius 2 is 1.76 bits per heavy atom. The highest BCUT2D eigenvalue weighted by Gasteiger charge is 2.11.